The predicted octanol–water partition coefficient (Wildman–Crippen LogP) is 5.88. The van der Waals surface area contributed by atoms with E-state index in [0.29, 0.717) is 0 Å². The fourth-order valence-electron chi connectivity index (χ4n) is 2.12. The third kappa shape index (κ3) is 16.9. The van der Waals surface area contributed by atoms with Gasteiger partial charge in [0.15, 0.2) is 0 Å². The van der Waals surface area contributed by atoms with E-state index < -0.39 is 5.97 Å². The van der Waals surface area contributed by atoms with E-state index in [9.17, 15) is 4.79 Å². The van der Waals surface area contributed by atoms with Gasteiger partial charge in [-0.1, -0.05) is 76.2 Å². The van der Waals surface area contributed by atoms with Crippen LogP contribution in [0.5, 0.6) is 0 Å². The zero-order valence-electron chi connectivity index (χ0n) is 13.2. The summed E-state index contributed by atoms with van der Waals surface area (Å²) in [4.78, 5) is 10.3. The molecular formula is C18H32O2. The van der Waals surface area contributed by atoms with E-state index in [1.54, 1.807) is 0 Å². The molecule has 0 aromatic rings. The molecule has 0 aromatic heterocycles. The van der Waals surface area contributed by atoms with E-state index in [4.69, 9.17) is 5.11 Å². The standard InChI is InChI=1S/C18H32O2/c1-2-3-4-5-6-7-8-9-10-11-12-13-14-15-16-17-18(19)20/h11-14H,2-10,15-17H2,1H3,(H,19,20). The number of hydrogen-bond donors (Lipinski definition) is 1. The molecule has 0 aliphatic rings. The first-order valence-corrected chi connectivity index (χ1v) is 8.30. The number of allylic oxidation sites excluding steroid dienone is 4. The number of unbranched alkanes of at least 4 members (excludes halogenated alkanes) is 9. The minimum absolute atomic E-state index is 0.270. The van der Waals surface area contributed by atoms with E-state index in [2.05, 4.69) is 19.1 Å². The van der Waals surface area contributed by atoms with Crippen LogP contribution in [-0.2, 0) is 4.79 Å². The van der Waals surface area contributed by atoms with Crippen molar-refractivity contribution in [1.82, 2.24) is 0 Å². The zero-order chi connectivity index (χ0) is 14.9. The molecule has 116 valence electrons. The van der Waals surface area contributed by atoms with Gasteiger partial charge in [-0.3, -0.25) is 4.79 Å². The maximum Gasteiger partial charge on any atom is 0.303 e. The lowest BCUT2D eigenvalue weighted by Gasteiger charge is -1.99. The van der Waals surface area contributed by atoms with Crippen molar-refractivity contribution in [3.8, 4) is 0 Å². The fourth-order valence-corrected chi connectivity index (χ4v) is 2.12. The molecule has 0 unspecified atom stereocenters. The quantitative estimate of drug-likeness (QED) is 0.318. The number of rotatable bonds is 14. The Hall–Kier alpha value is -1.05. The summed E-state index contributed by atoms with van der Waals surface area (Å²) in [7, 11) is 0. The first-order valence-electron chi connectivity index (χ1n) is 8.30. The summed E-state index contributed by atoms with van der Waals surface area (Å²) in [6.07, 6.45) is 22.3. The third-order valence-corrected chi connectivity index (χ3v) is 3.37. The van der Waals surface area contributed by atoms with Crippen LogP contribution in [-0.4, -0.2) is 11.1 Å². The Morgan fingerprint density at radius 3 is 1.85 bits per heavy atom. The van der Waals surface area contributed by atoms with E-state index in [0.717, 1.165) is 19.3 Å². The van der Waals surface area contributed by atoms with Crippen LogP contribution in [0.3, 0.4) is 0 Å². The minimum atomic E-state index is -0.705. The highest BCUT2D eigenvalue weighted by molar-refractivity contribution is 5.66. The fraction of sp³-hybridized carbons (Fsp3) is 0.722. The second-order valence-electron chi connectivity index (χ2n) is 5.41. The van der Waals surface area contributed by atoms with Crippen molar-refractivity contribution in [2.24, 2.45) is 0 Å². The van der Waals surface area contributed by atoms with Gasteiger partial charge in [0.2, 0.25) is 0 Å². The van der Waals surface area contributed by atoms with Gasteiger partial charge >= 0.3 is 5.97 Å². The molecule has 0 aliphatic carbocycles. The number of hydrogen-bond acceptors (Lipinski definition) is 1. The molecule has 0 radical (unpaired) electrons. The van der Waals surface area contributed by atoms with Crippen LogP contribution in [0.15, 0.2) is 24.3 Å². The van der Waals surface area contributed by atoms with Gasteiger partial charge < -0.3 is 5.11 Å². The number of carbonyl (C=O) groups is 1. The molecule has 0 saturated carbocycles. The van der Waals surface area contributed by atoms with Gasteiger partial charge in [0.1, 0.15) is 0 Å². The maximum absolute atomic E-state index is 10.3. The summed E-state index contributed by atoms with van der Waals surface area (Å²) in [6.45, 7) is 2.26. The highest BCUT2D eigenvalue weighted by atomic mass is 16.4. The molecule has 2 nitrogen and oxygen atoms in total. The molecule has 0 rings (SSSR count). The Bertz CT molecular complexity index is 267. The van der Waals surface area contributed by atoms with Crippen molar-refractivity contribution in [2.45, 2.75) is 84.0 Å². The predicted molar refractivity (Wildman–Crippen MR) is 87.0 cm³/mol. The Morgan fingerprint density at radius 2 is 1.30 bits per heavy atom. The lowest BCUT2D eigenvalue weighted by molar-refractivity contribution is -0.137. The van der Waals surface area contributed by atoms with Crippen molar-refractivity contribution >= 4 is 5.97 Å². The van der Waals surface area contributed by atoms with Crippen molar-refractivity contribution < 1.29 is 9.90 Å². The van der Waals surface area contributed by atoms with E-state index in [1.165, 1.54) is 51.4 Å². The summed E-state index contributed by atoms with van der Waals surface area (Å²) in [5, 5.41) is 8.48. The highest BCUT2D eigenvalue weighted by Gasteiger charge is 1.92. The molecule has 0 amide bonds. The lowest BCUT2D eigenvalue weighted by atomic mass is 10.1. The van der Waals surface area contributed by atoms with E-state index in [1.807, 2.05) is 12.2 Å². The Morgan fingerprint density at radius 1 is 0.800 bits per heavy atom. The lowest BCUT2D eigenvalue weighted by Crippen LogP contribution is -1.92. The largest absolute Gasteiger partial charge is 0.481 e. The van der Waals surface area contributed by atoms with Crippen LogP contribution < -0.4 is 0 Å². The second-order valence-corrected chi connectivity index (χ2v) is 5.41. The first kappa shape index (κ1) is 18.9. The molecule has 0 saturated heterocycles. The van der Waals surface area contributed by atoms with Crippen molar-refractivity contribution in [2.75, 3.05) is 0 Å². The summed E-state index contributed by atoms with van der Waals surface area (Å²) in [5.74, 6) is -0.705. The Labute approximate surface area is 125 Å². The Kier molecular flexibility index (Phi) is 15.2. The van der Waals surface area contributed by atoms with Gasteiger partial charge in [0.25, 0.3) is 0 Å². The molecule has 0 fully saturated rings. The normalized spacial score (nSPS) is 11.7. The molecule has 20 heavy (non-hydrogen) atoms. The molecular weight excluding hydrogens is 248 g/mol. The highest BCUT2D eigenvalue weighted by Crippen LogP contribution is 2.09. The Balaban J connectivity index is 3.19. The second kappa shape index (κ2) is 16.0. The SMILES string of the molecule is CCCCCCCCCCC=CC=CCCCC(=O)O. The number of carboxylic acids is 1. The summed E-state index contributed by atoms with van der Waals surface area (Å²) in [6, 6.07) is 0. The summed E-state index contributed by atoms with van der Waals surface area (Å²) >= 11 is 0. The molecule has 0 aromatic carbocycles. The first-order chi connectivity index (χ1) is 9.77. The minimum Gasteiger partial charge on any atom is -0.481 e. The van der Waals surface area contributed by atoms with E-state index in [-0.39, 0.29) is 6.42 Å². The summed E-state index contributed by atoms with van der Waals surface area (Å²) < 4.78 is 0. The smallest absolute Gasteiger partial charge is 0.303 e. The molecule has 0 aliphatic heterocycles. The number of aliphatic carboxylic acids is 1. The van der Waals surface area contributed by atoms with Gasteiger partial charge in [-0.2, -0.15) is 0 Å². The van der Waals surface area contributed by atoms with Gasteiger partial charge in [-0.25, -0.2) is 0 Å². The molecule has 1 N–H and O–H groups in total. The molecule has 2 heteroatoms. The summed E-state index contributed by atoms with van der Waals surface area (Å²) in [5.41, 5.74) is 0. The van der Waals surface area contributed by atoms with Crippen LogP contribution in [0.2, 0.25) is 0 Å². The van der Waals surface area contributed by atoms with Crippen LogP contribution in [0.4, 0.5) is 0 Å². The average molecular weight is 280 g/mol. The van der Waals surface area contributed by atoms with Crippen LogP contribution >= 0.6 is 0 Å². The molecule has 0 heterocycles. The monoisotopic (exact) mass is 280 g/mol. The van der Waals surface area contributed by atoms with Gasteiger partial charge in [0.05, 0.1) is 0 Å². The zero-order valence-corrected chi connectivity index (χ0v) is 13.2. The topological polar surface area (TPSA) is 37.3 Å². The molecule has 0 bridgehead atoms. The van der Waals surface area contributed by atoms with Crippen molar-refractivity contribution in [3.63, 3.8) is 0 Å². The number of carboxylic acid groups (broad SMARTS) is 1. The van der Waals surface area contributed by atoms with Crippen LogP contribution in [0.25, 0.3) is 0 Å². The van der Waals surface area contributed by atoms with Crippen LogP contribution in [0, 0.1) is 0 Å². The van der Waals surface area contributed by atoms with Gasteiger partial charge in [-0.05, 0) is 25.7 Å². The maximum atomic E-state index is 10.3. The van der Waals surface area contributed by atoms with Crippen LogP contribution in [0.1, 0.15) is 84.0 Å². The third-order valence-electron chi connectivity index (χ3n) is 3.37. The van der Waals surface area contributed by atoms with Crippen molar-refractivity contribution in [3.05, 3.63) is 24.3 Å². The van der Waals surface area contributed by atoms with Gasteiger partial charge in [-0.15, -0.1) is 0 Å². The molecule has 0 atom stereocenters. The molecule has 0 spiro atoms. The van der Waals surface area contributed by atoms with E-state index >= 15 is 0 Å². The average Bonchev–Trinajstić information content (AvgIpc) is 2.43. The van der Waals surface area contributed by atoms with Crippen molar-refractivity contribution in [1.29, 1.82) is 0 Å². The van der Waals surface area contributed by atoms with Gasteiger partial charge in [0, 0.05) is 6.42 Å².